The van der Waals surface area contributed by atoms with E-state index in [2.05, 4.69) is 42.2 Å². The van der Waals surface area contributed by atoms with Gasteiger partial charge in [0, 0.05) is 25.8 Å². The van der Waals surface area contributed by atoms with E-state index in [1.165, 1.54) is 6.92 Å². The summed E-state index contributed by atoms with van der Waals surface area (Å²) in [5, 5.41) is 28.3. The molecular weight excluding hydrogens is 943 g/mol. The van der Waals surface area contributed by atoms with Crippen molar-refractivity contribution >= 4 is 59.2 Å². The first-order valence-electron chi connectivity index (χ1n) is 24.7. The summed E-state index contributed by atoms with van der Waals surface area (Å²) in [6.45, 7) is 9.16. The molecule has 23 nitrogen and oxygen atoms in total. The maximum absolute atomic E-state index is 14.6. The minimum Gasteiger partial charge on any atom is -0.480 e. The Balaban J connectivity index is 2.48. The zero-order chi connectivity index (χ0) is 54.6. The van der Waals surface area contributed by atoms with Crippen LogP contribution in [0.1, 0.15) is 104 Å². The van der Waals surface area contributed by atoms with Gasteiger partial charge in [-0.25, -0.2) is 4.79 Å². The van der Waals surface area contributed by atoms with E-state index in [0.717, 1.165) is 0 Å². The molecule has 0 spiro atoms. The number of nitrogens with zero attached hydrogens (tertiary/aromatic N) is 1. The van der Waals surface area contributed by atoms with E-state index >= 15 is 0 Å². The smallest absolute Gasteiger partial charge is 0.326 e. The number of carboxylic acid groups (broad SMARTS) is 1. The number of aliphatic imine (C=N–C) groups is 1. The minimum atomic E-state index is -1.47. The van der Waals surface area contributed by atoms with Crippen molar-refractivity contribution in [1.82, 2.24) is 37.2 Å². The second kappa shape index (κ2) is 32.8. The van der Waals surface area contributed by atoms with Crippen LogP contribution in [0.2, 0.25) is 0 Å². The minimum absolute atomic E-state index is 0.0715. The van der Waals surface area contributed by atoms with Crippen molar-refractivity contribution in [2.24, 2.45) is 45.5 Å². The Morgan fingerprint density at radius 2 is 0.932 bits per heavy atom. The lowest BCUT2D eigenvalue weighted by Crippen LogP contribution is -2.60. The van der Waals surface area contributed by atoms with Crippen LogP contribution in [0.5, 0.6) is 0 Å². The molecule has 0 aliphatic carbocycles. The molecule has 0 saturated heterocycles. The number of rotatable bonds is 34. The summed E-state index contributed by atoms with van der Waals surface area (Å²) >= 11 is 0. The Hall–Kier alpha value is -7.14. The van der Waals surface area contributed by atoms with Crippen molar-refractivity contribution in [3.63, 3.8) is 0 Å². The third-order valence-electron chi connectivity index (χ3n) is 11.4. The summed E-state index contributed by atoms with van der Waals surface area (Å²) in [5.41, 5.74) is 29.2. The second-order valence-electron chi connectivity index (χ2n) is 18.9. The van der Waals surface area contributed by atoms with Gasteiger partial charge in [-0.2, -0.15) is 0 Å². The molecule has 8 amide bonds. The Morgan fingerprint density at radius 3 is 1.40 bits per heavy atom. The molecule has 18 N–H and O–H groups in total. The monoisotopic (exact) mass is 1020 g/mol. The number of nitrogens with two attached hydrogens (primary N) is 5. The average molecular weight is 1020 g/mol. The fraction of sp³-hybridized carbons (Fsp3) is 0.560. The predicted molar refractivity (Wildman–Crippen MR) is 275 cm³/mol. The number of carbonyl (C=O) groups is 9. The second-order valence-corrected chi connectivity index (χ2v) is 18.9. The third-order valence-corrected chi connectivity index (χ3v) is 11.4. The van der Waals surface area contributed by atoms with E-state index in [0.29, 0.717) is 36.9 Å². The number of nitrogens with one attached hydrogen (secondary N) is 7. The van der Waals surface area contributed by atoms with Crippen molar-refractivity contribution in [3.05, 3.63) is 71.8 Å². The van der Waals surface area contributed by atoms with Crippen LogP contribution < -0.4 is 65.9 Å². The van der Waals surface area contributed by atoms with Crippen molar-refractivity contribution in [1.29, 1.82) is 0 Å². The van der Waals surface area contributed by atoms with Gasteiger partial charge in [0.15, 0.2) is 5.96 Å². The maximum atomic E-state index is 14.6. The summed E-state index contributed by atoms with van der Waals surface area (Å²) in [5.74, 6) is -7.75. The summed E-state index contributed by atoms with van der Waals surface area (Å²) < 4.78 is 0. The molecule has 0 bridgehead atoms. The van der Waals surface area contributed by atoms with Gasteiger partial charge < -0.3 is 71.0 Å². The molecule has 73 heavy (non-hydrogen) atoms. The standard InChI is InChI=1S/C50H79N13O10/c1-29(2)25-37(46(69)63-40(49(72)73)26-30(3)4)60-45(68)36(21-22-41(53)64)59-47(70)38(27-32-15-8-6-9-16-32)62-48(71)39(28-33-17-10-7-11-18-33)61-44(67)35(20-12-13-23-51)58-42(65)31(5)57-43(66)34(52)19-14-24-56-50(54)55/h6-11,15-18,29-31,34-40H,12-14,19-28,51-52H2,1-5H3,(H2,53,64)(H,57,66)(H,58,65)(H,59,70)(H,60,68)(H,61,67)(H,62,71)(H,63,69)(H,72,73)(H4,54,55,56)/t31-,34-,35-,36-,37-,38-,39-,40-/m0/s1. The highest BCUT2D eigenvalue weighted by atomic mass is 16.4. The molecule has 0 radical (unpaired) electrons. The normalized spacial score (nSPS) is 14.4. The Bertz CT molecular complexity index is 2140. The molecule has 2 aromatic rings. The lowest BCUT2D eigenvalue weighted by molar-refractivity contribution is -0.143. The number of primary amides is 1. The van der Waals surface area contributed by atoms with Crippen molar-refractivity contribution in [2.75, 3.05) is 13.1 Å². The highest BCUT2D eigenvalue weighted by Crippen LogP contribution is 2.13. The van der Waals surface area contributed by atoms with Crippen LogP contribution in [-0.4, -0.2) is 126 Å². The van der Waals surface area contributed by atoms with Crippen molar-refractivity contribution in [2.45, 2.75) is 154 Å². The quantitative estimate of drug-likeness (QED) is 0.0224. The SMILES string of the molecule is CC(C)C[C@H](NC(=O)[C@H](CC(C)C)NC(=O)[C@H](CCC(N)=O)NC(=O)[C@H](Cc1ccccc1)NC(=O)[C@H](Cc1ccccc1)NC(=O)[C@H](CCCCN)NC(=O)[C@H](C)NC(=O)[C@@H](N)CCCN=C(N)N)C(=O)O. The van der Waals surface area contributed by atoms with Crippen LogP contribution in [0.15, 0.2) is 65.7 Å². The molecule has 0 unspecified atom stereocenters. The number of amides is 8. The topological polar surface area (TPSA) is 401 Å². The van der Waals surface area contributed by atoms with Gasteiger partial charge in [0.2, 0.25) is 47.3 Å². The highest BCUT2D eigenvalue weighted by molar-refractivity contribution is 5.98. The fourth-order valence-electron chi connectivity index (χ4n) is 7.53. The molecule has 2 aromatic carbocycles. The number of unbranched alkanes of at least 4 members (excludes halogenated alkanes) is 1. The molecule has 0 aliphatic heterocycles. The molecular formula is C50H79N13O10. The molecule has 0 heterocycles. The zero-order valence-electron chi connectivity index (χ0n) is 42.7. The lowest BCUT2D eigenvalue weighted by Gasteiger charge is -2.28. The first-order chi connectivity index (χ1) is 34.5. The Labute approximate surface area is 427 Å². The van der Waals surface area contributed by atoms with Gasteiger partial charge in [-0.1, -0.05) is 88.4 Å². The molecule has 2 rings (SSSR count). The molecule has 0 saturated carbocycles. The average Bonchev–Trinajstić information content (AvgIpc) is 3.32. The number of hydrogen-bond donors (Lipinski definition) is 13. The van der Waals surface area contributed by atoms with E-state index in [9.17, 15) is 48.3 Å². The van der Waals surface area contributed by atoms with Crippen LogP contribution in [0.3, 0.4) is 0 Å². The first kappa shape index (κ1) is 62.0. The van der Waals surface area contributed by atoms with Crippen LogP contribution >= 0.6 is 0 Å². The van der Waals surface area contributed by atoms with Gasteiger partial charge >= 0.3 is 5.97 Å². The number of hydrogen-bond acceptors (Lipinski definition) is 12. The fourth-order valence-corrected chi connectivity index (χ4v) is 7.53. The Kier molecular flexibility index (Phi) is 27.8. The summed E-state index contributed by atoms with van der Waals surface area (Å²) in [4.78, 5) is 125. The van der Waals surface area contributed by atoms with E-state index in [4.69, 9.17) is 28.7 Å². The number of aliphatic carboxylic acids is 1. The van der Waals surface area contributed by atoms with Crippen LogP contribution in [0, 0.1) is 11.8 Å². The van der Waals surface area contributed by atoms with Gasteiger partial charge in [0.05, 0.1) is 6.04 Å². The van der Waals surface area contributed by atoms with Crippen molar-refractivity contribution < 1.29 is 48.3 Å². The van der Waals surface area contributed by atoms with E-state index in [1.54, 1.807) is 88.4 Å². The molecule has 23 heteroatoms. The van der Waals surface area contributed by atoms with E-state index < -0.39 is 102 Å². The van der Waals surface area contributed by atoms with Gasteiger partial charge in [0.25, 0.3) is 0 Å². The summed E-state index contributed by atoms with van der Waals surface area (Å²) in [6.07, 6.45) is 0.994. The van der Waals surface area contributed by atoms with Crippen molar-refractivity contribution in [3.8, 4) is 0 Å². The number of carboxylic acids is 1. The van der Waals surface area contributed by atoms with Gasteiger partial charge in [0.1, 0.15) is 42.3 Å². The zero-order valence-corrected chi connectivity index (χ0v) is 42.7. The molecule has 0 aliphatic rings. The molecule has 8 atom stereocenters. The first-order valence-corrected chi connectivity index (χ1v) is 24.7. The predicted octanol–water partition coefficient (Wildman–Crippen LogP) is -1.16. The van der Waals surface area contributed by atoms with E-state index in [1.807, 2.05) is 0 Å². The lowest BCUT2D eigenvalue weighted by atomic mass is 9.99. The van der Waals surface area contributed by atoms with Crippen LogP contribution in [0.4, 0.5) is 0 Å². The highest BCUT2D eigenvalue weighted by Gasteiger charge is 2.35. The van der Waals surface area contributed by atoms with E-state index in [-0.39, 0.29) is 75.7 Å². The molecule has 404 valence electrons. The number of benzene rings is 2. The number of carbonyl (C=O) groups excluding carboxylic acids is 8. The molecule has 0 fully saturated rings. The largest absolute Gasteiger partial charge is 0.480 e. The van der Waals surface area contributed by atoms with Crippen LogP contribution in [-0.2, 0) is 56.0 Å². The van der Waals surface area contributed by atoms with Crippen LogP contribution in [0.25, 0.3) is 0 Å². The van der Waals surface area contributed by atoms with Gasteiger partial charge in [-0.3, -0.25) is 43.3 Å². The third kappa shape index (κ3) is 24.7. The van der Waals surface area contributed by atoms with Gasteiger partial charge in [-0.05, 0) is 87.8 Å². The summed E-state index contributed by atoms with van der Waals surface area (Å²) in [6, 6.07) is 7.32. The summed E-state index contributed by atoms with van der Waals surface area (Å²) in [7, 11) is 0. The number of guanidine groups is 1. The molecule has 0 aromatic heterocycles. The maximum Gasteiger partial charge on any atom is 0.326 e. The van der Waals surface area contributed by atoms with Gasteiger partial charge in [-0.15, -0.1) is 0 Å². The Morgan fingerprint density at radius 1 is 0.507 bits per heavy atom.